The van der Waals surface area contributed by atoms with Crippen LogP contribution in [0.2, 0.25) is 0 Å². The van der Waals surface area contributed by atoms with Crippen molar-refractivity contribution in [2.45, 2.75) is 96.5 Å². The Morgan fingerprint density at radius 3 is 2.57 bits per heavy atom. The first kappa shape index (κ1) is 30.7. The molecule has 0 saturated carbocycles. The van der Waals surface area contributed by atoms with E-state index in [-0.39, 0.29) is 46.5 Å². The van der Waals surface area contributed by atoms with Gasteiger partial charge in [-0.1, -0.05) is 32.9 Å². The Kier molecular flexibility index (Phi) is 9.13. The molecule has 0 unspecified atom stereocenters. The molecule has 0 radical (unpaired) electrons. The molecule has 3 aliphatic heterocycles. The van der Waals surface area contributed by atoms with Gasteiger partial charge in [-0.05, 0) is 74.3 Å². The second kappa shape index (κ2) is 12.5. The minimum Gasteiger partial charge on any atom is -0.441 e. The summed E-state index contributed by atoms with van der Waals surface area (Å²) in [7, 11) is -3.78. The molecule has 5 rings (SSSR count). The molecule has 5 atom stereocenters. The molecule has 1 aromatic heterocycles. The Labute approximate surface area is 250 Å². The van der Waals surface area contributed by atoms with E-state index in [4.69, 9.17) is 4.42 Å². The number of hydrogen-bond donors (Lipinski definition) is 1. The van der Waals surface area contributed by atoms with E-state index in [2.05, 4.69) is 31.1 Å². The minimum absolute atomic E-state index is 0.0311. The Balaban J connectivity index is 1.38. The molecule has 9 nitrogen and oxygen atoms in total. The molecule has 42 heavy (non-hydrogen) atoms. The van der Waals surface area contributed by atoms with Crippen LogP contribution in [0, 0.1) is 37.5 Å². The molecule has 0 aliphatic carbocycles. The summed E-state index contributed by atoms with van der Waals surface area (Å²) in [5, 5.41) is 3.23. The van der Waals surface area contributed by atoms with Crippen molar-refractivity contribution in [3.8, 4) is 11.3 Å². The van der Waals surface area contributed by atoms with E-state index in [1.165, 1.54) is 0 Å². The van der Waals surface area contributed by atoms with E-state index in [0.717, 1.165) is 19.3 Å². The molecule has 3 fully saturated rings. The van der Waals surface area contributed by atoms with Crippen LogP contribution < -0.4 is 5.32 Å². The van der Waals surface area contributed by atoms with Crippen LogP contribution in [0.3, 0.4) is 0 Å². The molecular formula is C32H46N4O5S. The van der Waals surface area contributed by atoms with Gasteiger partial charge < -0.3 is 14.6 Å². The molecule has 1 N–H and O–H groups in total. The number of aromatic nitrogens is 1. The van der Waals surface area contributed by atoms with Gasteiger partial charge in [0, 0.05) is 57.0 Å². The van der Waals surface area contributed by atoms with Crippen molar-refractivity contribution in [2.24, 2.45) is 23.7 Å². The number of rotatable bonds is 4. The lowest BCUT2D eigenvalue weighted by Gasteiger charge is -2.50. The van der Waals surface area contributed by atoms with Crippen molar-refractivity contribution in [1.82, 2.24) is 19.5 Å². The quantitative estimate of drug-likeness (QED) is 0.534. The number of carbonyl (C=O) groups is 2. The van der Waals surface area contributed by atoms with E-state index in [0.29, 0.717) is 74.0 Å². The number of oxazole rings is 1. The van der Waals surface area contributed by atoms with Crippen LogP contribution in [-0.4, -0.2) is 66.1 Å². The van der Waals surface area contributed by atoms with Gasteiger partial charge >= 0.3 is 0 Å². The molecule has 2 amide bonds. The summed E-state index contributed by atoms with van der Waals surface area (Å²) in [4.78, 5) is 33.0. The summed E-state index contributed by atoms with van der Waals surface area (Å²) in [6, 6.07) is 5.41. The minimum atomic E-state index is -3.78. The first-order valence-corrected chi connectivity index (χ1v) is 17.0. The predicted octanol–water partition coefficient (Wildman–Crippen LogP) is 4.93. The third-order valence-electron chi connectivity index (χ3n) is 9.52. The van der Waals surface area contributed by atoms with Crippen LogP contribution in [0.5, 0.6) is 0 Å². The van der Waals surface area contributed by atoms with Crippen LogP contribution in [0.15, 0.2) is 33.7 Å². The number of carbonyl (C=O) groups excluding carboxylic acids is 2. The van der Waals surface area contributed by atoms with Crippen LogP contribution in [0.4, 0.5) is 0 Å². The van der Waals surface area contributed by atoms with Gasteiger partial charge in [0.15, 0.2) is 11.7 Å². The van der Waals surface area contributed by atoms with Gasteiger partial charge in [0.25, 0.3) is 0 Å². The lowest BCUT2D eigenvalue weighted by atomic mass is 9.78. The van der Waals surface area contributed by atoms with Crippen molar-refractivity contribution >= 4 is 21.8 Å². The number of benzene rings is 1. The molecule has 2 bridgehead atoms. The third-order valence-corrected chi connectivity index (χ3v) is 11.5. The van der Waals surface area contributed by atoms with Crippen LogP contribution in [-0.2, 0) is 19.6 Å². The Hall–Kier alpha value is -2.72. The molecule has 4 heterocycles. The largest absolute Gasteiger partial charge is 0.441 e. The van der Waals surface area contributed by atoms with Gasteiger partial charge in [0.2, 0.25) is 21.8 Å². The zero-order valence-electron chi connectivity index (χ0n) is 25.6. The van der Waals surface area contributed by atoms with E-state index in [1.807, 2.05) is 24.0 Å². The van der Waals surface area contributed by atoms with E-state index >= 15 is 0 Å². The van der Waals surface area contributed by atoms with Gasteiger partial charge in [-0.25, -0.2) is 13.4 Å². The molecular weight excluding hydrogens is 552 g/mol. The zero-order valence-corrected chi connectivity index (χ0v) is 26.5. The van der Waals surface area contributed by atoms with Gasteiger partial charge in [-0.3, -0.25) is 9.59 Å². The van der Waals surface area contributed by atoms with Gasteiger partial charge in [-0.15, -0.1) is 0 Å². The number of sulfonamides is 1. The second-order valence-electron chi connectivity index (χ2n) is 13.2. The maximum absolute atomic E-state index is 14.1. The first-order valence-electron chi connectivity index (χ1n) is 15.5. The highest BCUT2D eigenvalue weighted by atomic mass is 32.2. The van der Waals surface area contributed by atoms with Crippen molar-refractivity contribution in [3.63, 3.8) is 0 Å². The molecule has 3 aliphatic rings. The maximum Gasteiger partial charge on any atom is 0.243 e. The topological polar surface area (TPSA) is 113 Å². The normalized spacial score (nSPS) is 28.4. The summed E-state index contributed by atoms with van der Waals surface area (Å²) in [5.74, 6) is 1.97. The molecule has 2 aromatic rings. The monoisotopic (exact) mass is 598 g/mol. The van der Waals surface area contributed by atoms with Crippen LogP contribution in [0.25, 0.3) is 11.3 Å². The highest BCUT2D eigenvalue weighted by molar-refractivity contribution is 7.89. The van der Waals surface area contributed by atoms with E-state index in [1.54, 1.807) is 23.5 Å². The zero-order chi connectivity index (χ0) is 30.2. The van der Waals surface area contributed by atoms with Crippen molar-refractivity contribution in [1.29, 1.82) is 0 Å². The SMILES string of the molecule is Cc1ncc(-c2ccc(C)c(S(=O)(=O)N3C[C@@H]4C[C@@H](C3)[C@@H]3CCCC(=O)N[C@H](C(C)C)CC[C@@H](C)CC(=O)N3C4)c2)o1. The highest BCUT2D eigenvalue weighted by Crippen LogP contribution is 2.39. The summed E-state index contributed by atoms with van der Waals surface area (Å²) in [6.07, 6.45) is 6.55. The van der Waals surface area contributed by atoms with Crippen LogP contribution >= 0.6 is 0 Å². The van der Waals surface area contributed by atoms with Gasteiger partial charge in [-0.2, -0.15) is 4.31 Å². The Morgan fingerprint density at radius 2 is 1.86 bits per heavy atom. The number of aryl methyl sites for hydroxylation is 2. The van der Waals surface area contributed by atoms with Crippen molar-refractivity contribution < 1.29 is 22.4 Å². The number of nitrogens with one attached hydrogen (secondary N) is 1. The predicted molar refractivity (Wildman–Crippen MR) is 161 cm³/mol. The van der Waals surface area contributed by atoms with Crippen molar-refractivity contribution in [3.05, 3.63) is 35.9 Å². The highest BCUT2D eigenvalue weighted by Gasteiger charge is 2.45. The molecule has 0 spiro atoms. The molecule has 230 valence electrons. The fourth-order valence-electron chi connectivity index (χ4n) is 7.12. The second-order valence-corrected chi connectivity index (χ2v) is 15.1. The Bertz CT molecular complexity index is 1400. The lowest BCUT2D eigenvalue weighted by Crippen LogP contribution is -2.60. The standard InChI is InChI=1S/C32H46N4O5S/c1-20(2)27-12-9-21(3)13-32(38)36-18-24-14-26(28(36)7-6-8-31(37)34-27)19-35(17-24)42(39,40)30-15-25(11-10-22(30)4)29-16-33-23(5)41-29/h10-11,15-16,20-21,24,26-28H,6-9,12-14,17-19H2,1-5H3,(H,34,37)/t21-,24+,26+,27+,28+/m1/s1. The van der Waals surface area contributed by atoms with Crippen molar-refractivity contribution in [2.75, 3.05) is 19.6 Å². The number of fused-ring (bicyclic) bond motifs is 4. The molecule has 3 saturated heterocycles. The number of nitrogens with zero attached hydrogens (tertiary/aromatic N) is 3. The number of hydrogen-bond acceptors (Lipinski definition) is 6. The van der Waals surface area contributed by atoms with E-state index < -0.39 is 10.0 Å². The number of amides is 2. The van der Waals surface area contributed by atoms with Gasteiger partial charge in [0.05, 0.1) is 11.1 Å². The summed E-state index contributed by atoms with van der Waals surface area (Å²) >= 11 is 0. The maximum atomic E-state index is 14.1. The molecule has 1 aromatic carbocycles. The van der Waals surface area contributed by atoms with Gasteiger partial charge in [0.1, 0.15) is 0 Å². The summed E-state index contributed by atoms with van der Waals surface area (Å²) in [6.45, 7) is 11.3. The Morgan fingerprint density at radius 1 is 1.07 bits per heavy atom. The fraction of sp³-hybridized carbons (Fsp3) is 0.656. The number of piperidine rings is 2. The third kappa shape index (κ3) is 6.59. The van der Waals surface area contributed by atoms with Crippen LogP contribution in [0.1, 0.15) is 77.2 Å². The first-order chi connectivity index (χ1) is 19.9. The summed E-state index contributed by atoms with van der Waals surface area (Å²) in [5.41, 5.74) is 1.36. The summed E-state index contributed by atoms with van der Waals surface area (Å²) < 4.78 is 35.5. The smallest absolute Gasteiger partial charge is 0.243 e. The average molecular weight is 599 g/mol. The fourth-order valence-corrected chi connectivity index (χ4v) is 8.95. The lowest BCUT2D eigenvalue weighted by molar-refractivity contribution is -0.141. The average Bonchev–Trinajstić information content (AvgIpc) is 3.37. The van der Waals surface area contributed by atoms with E-state index in [9.17, 15) is 18.0 Å². The molecule has 10 heteroatoms.